The molecule has 0 spiro atoms. The van der Waals surface area contributed by atoms with Gasteiger partial charge in [0.15, 0.2) is 0 Å². The Balaban J connectivity index is 1.78. The Kier molecular flexibility index (Phi) is 4.36. The predicted octanol–water partition coefficient (Wildman–Crippen LogP) is 2.63. The molecule has 2 atom stereocenters. The van der Waals surface area contributed by atoms with Gasteiger partial charge in [0.05, 0.1) is 12.3 Å². The zero-order valence-electron chi connectivity index (χ0n) is 11.9. The second-order valence-electron chi connectivity index (χ2n) is 5.37. The van der Waals surface area contributed by atoms with E-state index < -0.39 is 0 Å². The van der Waals surface area contributed by atoms with E-state index in [1.165, 1.54) is 0 Å². The molecule has 2 unspecified atom stereocenters. The first kappa shape index (κ1) is 13.9. The normalized spacial score (nSPS) is 19.9. The average Bonchev–Trinajstić information content (AvgIpc) is 3.08. The maximum absolute atomic E-state index is 12.5. The fourth-order valence-electron chi connectivity index (χ4n) is 2.74. The van der Waals surface area contributed by atoms with Crippen molar-refractivity contribution in [3.63, 3.8) is 0 Å². The first-order valence-electron chi connectivity index (χ1n) is 7.47. The molecule has 1 aromatic heterocycles. The van der Waals surface area contributed by atoms with Crippen LogP contribution in [0.3, 0.4) is 0 Å². The third-order valence-corrected chi connectivity index (χ3v) is 3.87. The summed E-state index contributed by atoms with van der Waals surface area (Å²) in [5.74, 6) is 0.797. The second kappa shape index (κ2) is 6.59. The van der Waals surface area contributed by atoms with Crippen LogP contribution in [0.5, 0.6) is 0 Å². The lowest BCUT2D eigenvalue weighted by molar-refractivity contribution is -0.124. The van der Waals surface area contributed by atoms with Crippen LogP contribution in [0.1, 0.15) is 36.6 Å². The molecule has 3 rings (SSSR count). The van der Waals surface area contributed by atoms with E-state index in [9.17, 15) is 4.79 Å². The number of furan rings is 1. The molecule has 0 radical (unpaired) electrons. The Bertz CT molecular complexity index is 560. The van der Waals surface area contributed by atoms with Gasteiger partial charge >= 0.3 is 0 Å². The molecule has 0 bridgehead atoms. The summed E-state index contributed by atoms with van der Waals surface area (Å²) in [5.41, 5.74) is 1.02. The number of nitrogens with one attached hydrogen (secondary N) is 2. The molecule has 1 aromatic carbocycles. The highest BCUT2D eigenvalue weighted by Gasteiger charge is 2.25. The van der Waals surface area contributed by atoms with Gasteiger partial charge in [-0.1, -0.05) is 36.8 Å². The van der Waals surface area contributed by atoms with Crippen molar-refractivity contribution < 1.29 is 9.21 Å². The van der Waals surface area contributed by atoms with Crippen LogP contribution < -0.4 is 10.6 Å². The van der Waals surface area contributed by atoms with Crippen LogP contribution in [0.2, 0.25) is 0 Å². The van der Waals surface area contributed by atoms with Crippen LogP contribution in [0.15, 0.2) is 53.1 Å². The molecule has 2 heterocycles. The molecule has 1 aliphatic rings. The van der Waals surface area contributed by atoms with E-state index in [0.29, 0.717) is 0 Å². The summed E-state index contributed by atoms with van der Waals surface area (Å²) in [5, 5.41) is 6.39. The third-order valence-electron chi connectivity index (χ3n) is 3.87. The number of piperidine rings is 1. The van der Waals surface area contributed by atoms with Crippen molar-refractivity contribution in [3.05, 3.63) is 60.1 Å². The standard InChI is InChI=1S/C17H20N2O2/c20-17(14-9-4-5-11-18-14)19-16(15-10-6-12-21-15)13-7-2-1-3-8-13/h1-3,6-8,10,12,14,16,18H,4-5,9,11H2,(H,19,20). The van der Waals surface area contributed by atoms with E-state index in [4.69, 9.17) is 4.42 Å². The number of amides is 1. The number of carbonyl (C=O) groups excluding carboxylic acids is 1. The molecule has 0 saturated carbocycles. The molecule has 110 valence electrons. The van der Waals surface area contributed by atoms with Crippen LogP contribution in [-0.2, 0) is 4.79 Å². The molecule has 1 saturated heterocycles. The smallest absolute Gasteiger partial charge is 0.237 e. The van der Waals surface area contributed by atoms with Gasteiger partial charge in [0.2, 0.25) is 5.91 Å². The van der Waals surface area contributed by atoms with Gasteiger partial charge in [0.25, 0.3) is 0 Å². The predicted molar refractivity (Wildman–Crippen MR) is 80.8 cm³/mol. The Morgan fingerprint density at radius 1 is 1.19 bits per heavy atom. The summed E-state index contributed by atoms with van der Waals surface area (Å²) in [6.07, 6.45) is 4.77. The SMILES string of the molecule is O=C(NC(c1ccccc1)c1ccco1)C1CCCCN1. The first-order valence-corrected chi connectivity index (χ1v) is 7.47. The van der Waals surface area contributed by atoms with E-state index in [1.807, 2.05) is 42.5 Å². The van der Waals surface area contributed by atoms with Crippen molar-refractivity contribution in [2.75, 3.05) is 6.54 Å². The molecule has 4 nitrogen and oxygen atoms in total. The lowest BCUT2D eigenvalue weighted by Gasteiger charge is -2.25. The summed E-state index contributed by atoms with van der Waals surface area (Å²) < 4.78 is 5.50. The minimum absolute atomic E-state index is 0.0416. The molecular formula is C17H20N2O2. The molecule has 1 amide bonds. The summed E-state index contributed by atoms with van der Waals surface area (Å²) in [7, 11) is 0. The summed E-state index contributed by atoms with van der Waals surface area (Å²) >= 11 is 0. The fraction of sp³-hybridized carbons (Fsp3) is 0.353. The van der Waals surface area contributed by atoms with Gasteiger partial charge in [0.1, 0.15) is 11.8 Å². The zero-order chi connectivity index (χ0) is 14.5. The van der Waals surface area contributed by atoms with E-state index in [1.54, 1.807) is 6.26 Å². The van der Waals surface area contributed by atoms with Gasteiger partial charge in [-0.05, 0) is 37.1 Å². The Morgan fingerprint density at radius 3 is 2.71 bits per heavy atom. The van der Waals surface area contributed by atoms with Crippen molar-refractivity contribution in [2.45, 2.75) is 31.3 Å². The second-order valence-corrected chi connectivity index (χ2v) is 5.37. The van der Waals surface area contributed by atoms with Crippen molar-refractivity contribution >= 4 is 5.91 Å². The quantitative estimate of drug-likeness (QED) is 0.907. The highest BCUT2D eigenvalue weighted by molar-refractivity contribution is 5.82. The molecule has 1 fully saturated rings. The van der Waals surface area contributed by atoms with E-state index in [-0.39, 0.29) is 18.0 Å². The van der Waals surface area contributed by atoms with Gasteiger partial charge in [-0.2, -0.15) is 0 Å². The average molecular weight is 284 g/mol. The van der Waals surface area contributed by atoms with Gasteiger partial charge in [-0.3, -0.25) is 4.79 Å². The third kappa shape index (κ3) is 3.34. The Labute approximate surface area is 124 Å². The number of hydrogen-bond acceptors (Lipinski definition) is 3. The number of carbonyl (C=O) groups is 1. The number of rotatable bonds is 4. The van der Waals surface area contributed by atoms with E-state index in [2.05, 4.69) is 10.6 Å². The lowest BCUT2D eigenvalue weighted by Crippen LogP contribution is -2.47. The van der Waals surface area contributed by atoms with Crippen LogP contribution >= 0.6 is 0 Å². The highest BCUT2D eigenvalue weighted by Crippen LogP contribution is 2.22. The van der Waals surface area contributed by atoms with Gasteiger partial charge in [-0.25, -0.2) is 0 Å². The Hall–Kier alpha value is -2.07. The van der Waals surface area contributed by atoms with Gasteiger partial charge in [-0.15, -0.1) is 0 Å². The van der Waals surface area contributed by atoms with Crippen LogP contribution in [0.25, 0.3) is 0 Å². The van der Waals surface area contributed by atoms with Crippen molar-refractivity contribution in [3.8, 4) is 0 Å². The minimum Gasteiger partial charge on any atom is -0.467 e. The molecule has 2 aromatic rings. The molecular weight excluding hydrogens is 264 g/mol. The monoisotopic (exact) mass is 284 g/mol. The summed E-state index contributed by atoms with van der Waals surface area (Å²) in [4.78, 5) is 12.5. The topological polar surface area (TPSA) is 54.3 Å². The van der Waals surface area contributed by atoms with Crippen LogP contribution in [0, 0.1) is 0 Å². The number of hydrogen-bond donors (Lipinski definition) is 2. The van der Waals surface area contributed by atoms with E-state index in [0.717, 1.165) is 37.1 Å². The molecule has 4 heteroatoms. The molecule has 0 aliphatic carbocycles. The lowest BCUT2D eigenvalue weighted by atomic mass is 10.0. The summed E-state index contributed by atoms with van der Waals surface area (Å²) in [6.45, 7) is 0.912. The van der Waals surface area contributed by atoms with Crippen molar-refractivity contribution in [1.82, 2.24) is 10.6 Å². The fourth-order valence-corrected chi connectivity index (χ4v) is 2.74. The molecule has 2 N–H and O–H groups in total. The molecule has 21 heavy (non-hydrogen) atoms. The summed E-state index contributed by atoms with van der Waals surface area (Å²) in [6, 6.07) is 13.3. The van der Waals surface area contributed by atoms with Gasteiger partial charge < -0.3 is 15.1 Å². The van der Waals surface area contributed by atoms with Gasteiger partial charge in [0, 0.05) is 0 Å². The number of benzene rings is 1. The Morgan fingerprint density at radius 2 is 2.05 bits per heavy atom. The van der Waals surface area contributed by atoms with Crippen molar-refractivity contribution in [2.24, 2.45) is 0 Å². The highest BCUT2D eigenvalue weighted by atomic mass is 16.3. The largest absolute Gasteiger partial charge is 0.467 e. The maximum atomic E-state index is 12.5. The van der Waals surface area contributed by atoms with Crippen LogP contribution in [0.4, 0.5) is 0 Å². The van der Waals surface area contributed by atoms with Crippen LogP contribution in [-0.4, -0.2) is 18.5 Å². The van der Waals surface area contributed by atoms with E-state index >= 15 is 0 Å². The van der Waals surface area contributed by atoms with Crippen molar-refractivity contribution in [1.29, 1.82) is 0 Å². The minimum atomic E-state index is -0.238. The zero-order valence-corrected chi connectivity index (χ0v) is 11.9. The maximum Gasteiger partial charge on any atom is 0.237 e. The molecule has 1 aliphatic heterocycles. The first-order chi connectivity index (χ1) is 10.3.